The fraction of sp³-hybridized carbons (Fsp3) is 0.435. The second-order valence-electron chi connectivity index (χ2n) is 8.15. The standard InChI is InChI=1S/C23H24N4O/c1-23(2)12-20(17(14-24)15-25)21(16-26)22(13-23)27-10-8-19(9-11-27)28-18-6-4-3-5-7-18/h3-7,19H,8-13H2,1-2H3. The molecular formula is C23H24N4O. The number of likely N-dealkylation sites (tertiary alicyclic amines) is 1. The maximum atomic E-state index is 9.81. The van der Waals surface area contributed by atoms with Crippen molar-refractivity contribution >= 4 is 0 Å². The summed E-state index contributed by atoms with van der Waals surface area (Å²) in [6.45, 7) is 5.85. The Hall–Kier alpha value is -3.23. The third kappa shape index (κ3) is 4.19. The number of allylic oxidation sites excluding steroid dienone is 4. The molecule has 1 fully saturated rings. The molecule has 1 aromatic carbocycles. The van der Waals surface area contributed by atoms with Crippen LogP contribution in [0.1, 0.15) is 39.5 Å². The van der Waals surface area contributed by atoms with Crippen LogP contribution in [-0.2, 0) is 0 Å². The molecule has 1 heterocycles. The molecule has 28 heavy (non-hydrogen) atoms. The number of hydrogen-bond acceptors (Lipinski definition) is 5. The van der Waals surface area contributed by atoms with Crippen molar-refractivity contribution in [3.8, 4) is 24.0 Å². The fourth-order valence-electron chi connectivity index (χ4n) is 4.06. The summed E-state index contributed by atoms with van der Waals surface area (Å²) in [6, 6.07) is 16.1. The quantitative estimate of drug-likeness (QED) is 0.731. The van der Waals surface area contributed by atoms with Crippen molar-refractivity contribution in [1.29, 1.82) is 15.8 Å². The van der Waals surface area contributed by atoms with Gasteiger partial charge in [0.05, 0.1) is 5.57 Å². The number of rotatable bonds is 3. The third-order valence-electron chi connectivity index (χ3n) is 5.40. The van der Waals surface area contributed by atoms with Gasteiger partial charge in [0.15, 0.2) is 0 Å². The van der Waals surface area contributed by atoms with Crippen molar-refractivity contribution in [2.75, 3.05) is 13.1 Å². The van der Waals surface area contributed by atoms with Crippen LogP contribution in [0.25, 0.3) is 0 Å². The molecule has 0 bridgehead atoms. The Morgan fingerprint density at radius 3 is 2.25 bits per heavy atom. The largest absolute Gasteiger partial charge is 0.490 e. The van der Waals surface area contributed by atoms with Crippen LogP contribution in [0.15, 0.2) is 52.7 Å². The van der Waals surface area contributed by atoms with E-state index in [0.29, 0.717) is 17.6 Å². The van der Waals surface area contributed by atoms with E-state index in [1.54, 1.807) is 0 Å². The summed E-state index contributed by atoms with van der Waals surface area (Å²) in [5.74, 6) is 0.884. The van der Waals surface area contributed by atoms with Crippen LogP contribution in [0, 0.1) is 39.4 Å². The van der Waals surface area contributed by atoms with E-state index in [4.69, 9.17) is 4.74 Å². The van der Waals surface area contributed by atoms with Crippen LogP contribution in [-0.4, -0.2) is 24.1 Å². The Balaban J connectivity index is 1.82. The Morgan fingerprint density at radius 2 is 1.68 bits per heavy atom. The normalized spacial score (nSPS) is 19.4. The molecule has 1 aromatic rings. The van der Waals surface area contributed by atoms with E-state index in [1.165, 1.54) is 0 Å². The van der Waals surface area contributed by atoms with Crippen molar-refractivity contribution in [3.63, 3.8) is 0 Å². The van der Waals surface area contributed by atoms with Gasteiger partial charge in [-0.25, -0.2) is 0 Å². The highest BCUT2D eigenvalue weighted by Crippen LogP contribution is 2.44. The number of ether oxygens (including phenoxy) is 1. The van der Waals surface area contributed by atoms with Gasteiger partial charge in [0, 0.05) is 37.2 Å². The Bertz CT molecular complexity index is 898. The van der Waals surface area contributed by atoms with E-state index < -0.39 is 0 Å². The summed E-state index contributed by atoms with van der Waals surface area (Å²) in [5, 5.41) is 28.5. The molecule has 5 heteroatoms. The topological polar surface area (TPSA) is 83.8 Å². The van der Waals surface area contributed by atoms with Gasteiger partial charge in [-0.05, 0) is 30.4 Å². The van der Waals surface area contributed by atoms with Gasteiger partial charge in [-0.1, -0.05) is 32.0 Å². The van der Waals surface area contributed by atoms with Crippen LogP contribution >= 0.6 is 0 Å². The molecule has 0 radical (unpaired) electrons. The first-order valence-corrected chi connectivity index (χ1v) is 9.61. The fourth-order valence-corrected chi connectivity index (χ4v) is 4.06. The van der Waals surface area contributed by atoms with Crippen molar-refractivity contribution in [2.24, 2.45) is 5.41 Å². The maximum Gasteiger partial charge on any atom is 0.134 e. The van der Waals surface area contributed by atoms with E-state index in [0.717, 1.165) is 43.8 Å². The van der Waals surface area contributed by atoms with Gasteiger partial charge < -0.3 is 9.64 Å². The first kappa shape index (κ1) is 19.5. The summed E-state index contributed by atoms with van der Waals surface area (Å²) in [7, 11) is 0. The van der Waals surface area contributed by atoms with E-state index in [-0.39, 0.29) is 17.1 Å². The van der Waals surface area contributed by atoms with Crippen LogP contribution in [0.5, 0.6) is 5.75 Å². The molecule has 3 rings (SSSR count). The van der Waals surface area contributed by atoms with Gasteiger partial charge in [-0.15, -0.1) is 0 Å². The molecule has 1 aliphatic heterocycles. The molecule has 0 N–H and O–H groups in total. The molecule has 0 spiro atoms. The average Bonchev–Trinajstić information content (AvgIpc) is 2.69. The zero-order chi connectivity index (χ0) is 20.1. The Kier molecular flexibility index (Phi) is 5.72. The first-order valence-electron chi connectivity index (χ1n) is 9.61. The molecule has 0 saturated carbocycles. The Morgan fingerprint density at radius 1 is 1.04 bits per heavy atom. The lowest BCUT2D eigenvalue weighted by Crippen LogP contribution is -2.40. The molecule has 0 aromatic heterocycles. The summed E-state index contributed by atoms with van der Waals surface area (Å²) in [5.41, 5.74) is 2.04. The van der Waals surface area contributed by atoms with Gasteiger partial charge in [0.25, 0.3) is 0 Å². The second-order valence-corrected chi connectivity index (χ2v) is 8.15. The van der Waals surface area contributed by atoms with Gasteiger partial charge >= 0.3 is 0 Å². The molecule has 2 aliphatic rings. The summed E-state index contributed by atoms with van der Waals surface area (Å²) < 4.78 is 6.08. The number of nitriles is 3. The van der Waals surface area contributed by atoms with Crippen LogP contribution < -0.4 is 4.74 Å². The van der Waals surface area contributed by atoms with Crippen molar-refractivity contribution < 1.29 is 4.74 Å². The van der Waals surface area contributed by atoms with Crippen molar-refractivity contribution in [3.05, 3.63) is 52.7 Å². The number of nitrogens with zero attached hydrogens (tertiary/aromatic N) is 4. The second kappa shape index (κ2) is 8.20. The SMILES string of the molecule is CC1(C)CC(=C(C#N)C#N)C(C#N)=C(N2CCC(Oc3ccccc3)CC2)C1. The van der Waals surface area contributed by atoms with Crippen LogP contribution in [0.3, 0.4) is 0 Å². The number of benzene rings is 1. The highest BCUT2D eigenvalue weighted by molar-refractivity contribution is 5.57. The minimum atomic E-state index is -0.0959. The number of para-hydroxylation sites is 1. The predicted octanol–water partition coefficient (Wildman–Crippen LogP) is 4.47. The smallest absolute Gasteiger partial charge is 0.134 e. The lowest BCUT2D eigenvalue weighted by molar-refractivity contribution is 0.110. The maximum absolute atomic E-state index is 9.81. The lowest BCUT2D eigenvalue weighted by atomic mass is 9.72. The highest BCUT2D eigenvalue weighted by Gasteiger charge is 2.36. The monoisotopic (exact) mass is 372 g/mol. The molecule has 1 saturated heterocycles. The molecule has 1 aliphatic carbocycles. The van der Waals surface area contributed by atoms with Gasteiger partial charge in [0.2, 0.25) is 0 Å². The molecule has 0 amide bonds. The highest BCUT2D eigenvalue weighted by atomic mass is 16.5. The number of hydrogen-bond donors (Lipinski definition) is 0. The predicted molar refractivity (Wildman–Crippen MR) is 106 cm³/mol. The van der Waals surface area contributed by atoms with E-state index >= 15 is 0 Å². The summed E-state index contributed by atoms with van der Waals surface area (Å²) in [4.78, 5) is 2.25. The Labute approximate surface area is 166 Å². The zero-order valence-corrected chi connectivity index (χ0v) is 16.4. The van der Waals surface area contributed by atoms with Gasteiger partial charge in [-0.2, -0.15) is 15.8 Å². The molecule has 0 unspecified atom stereocenters. The summed E-state index contributed by atoms with van der Waals surface area (Å²) in [6.07, 6.45) is 3.25. The van der Waals surface area contributed by atoms with Crippen LogP contribution in [0.4, 0.5) is 0 Å². The zero-order valence-electron chi connectivity index (χ0n) is 16.4. The van der Waals surface area contributed by atoms with Gasteiger partial charge in [0.1, 0.15) is 35.6 Å². The number of piperidine rings is 1. The van der Waals surface area contributed by atoms with E-state index in [1.807, 2.05) is 42.5 Å². The average molecular weight is 372 g/mol. The first-order chi connectivity index (χ1) is 13.5. The minimum absolute atomic E-state index is 0.0594. The minimum Gasteiger partial charge on any atom is -0.490 e. The lowest BCUT2D eigenvalue weighted by Gasteiger charge is -2.41. The van der Waals surface area contributed by atoms with Gasteiger partial charge in [-0.3, -0.25) is 0 Å². The van der Waals surface area contributed by atoms with E-state index in [2.05, 4.69) is 24.8 Å². The third-order valence-corrected chi connectivity index (χ3v) is 5.40. The molecule has 0 atom stereocenters. The molecule has 142 valence electrons. The molecule has 5 nitrogen and oxygen atoms in total. The molecular weight excluding hydrogens is 348 g/mol. The van der Waals surface area contributed by atoms with Crippen molar-refractivity contribution in [2.45, 2.75) is 45.6 Å². The van der Waals surface area contributed by atoms with E-state index in [9.17, 15) is 15.8 Å². The summed E-state index contributed by atoms with van der Waals surface area (Å²) >= 11 is 0. The van der Waals surface area contributed by atoms with Crippen LogP contribution in [0.2, 0.25) is 0 Å². The van der Waals surface area contributed by atoms with Crippen molar-refractivity contribution in [1.82, 2.24) is 4.90 Å².